The van der Waals surface area contributed by atoms with Crippen LogP contribution in [0.1, 0.15) is 12.5 Å². The summed E-state index contributed by atoms with van der Waals surface area (Å²) >= 11 is 5.91. The Bertz CT molecular complexity index is 566. The van der Waals surface area contributed by atoms with Gasteiger partial charge in [-0.15, -0.1) is 0 Å². The SMILES string of the molecule is CCNC(=O)N1CCN(C(=O)/C=C/c2cccc(Cl)c2)CC1. The zero-order valence-corrected chi connectivity index (χ0v) is 13.3. The van der Waals surface area contributed by atoms with E-state index in [1.807, 2.05) is 19.1 Å². The molecule has 1 aliphatic heterocycles. The van der Waals surface area contributed by atoms with Crippen LogP contribution in [0, 0.1) is 0 Å². The highest BCUT2D eigenvalue weighted by atomic mass is 35.5. The molecular formula is C16H20ClN3O2. The Morgan fingerprint density at radius 2 is 1.91 bits per heavy atom. The van der Waals surface area contributed by atoms with Gasteiger partial charge in [0.25, 0.3) is 0 Å². The number of carbonyl (C=O) groups is 2. The first-order valence-electron chi connectivity index (χ1n) is 7.35. The normalized spacial score (nSPS) is 15.2. The molecular weight excluding hydrogens is 302 g/mol. The van der Waals surface area contributed by atoms with Crippen LogP contribution in [0.5, 0.6) is 0 Å². The lowest BCUT2D eigenvalue weighted by molar-refractivity contribution is -0.127. The maximum atomic E-state index is 12.1. The van der Waals surface area contributed by atoms with Crippen LogP contribution in [0.4, 0.5) is 4.79 Å². The standard InChI is InChI=1S/C16H20ClN3O2/c1-2-18-16(22)20-10-8-19(9-11-20)15(21)7-6-13-4-3-5-14(17)12-13/h3-7,12H,2,8-11H2,1H3,(H,18,22)/b7-6+. The van der Waals surface area contributed by atoms with Crippen molar-refractivity contribution in [1.29, 1.82) is 0 Å². The van der Waals surface area contributed by atoms with Crippen LogP contribution in [0.25, 0.3) is 6.08 Å². The lowest BCUT2D eigenvalue weighted by Crippen LogP contribution is -2.52. The summed E-state index contributed by atoms with van der Waals surface area (Å²) in [5.74, 6) is -0.0458. The average Bonchev–Trinajstić information content (AvgIpc) is 2.53. The van der Waals surface area contributed by atoms with Crippen LogP contribution < -0.4 is 5.32 Å². The maximum absolute atomic E-state index is 12.1. The minimum atomic E-state index is -0.0657. The summed E-state index contributed by atoms with van der Waals surface area (Å²) in [5.41, 5.74) is 0.891. The van der Waals surface area contributed by atoms with Gasteiger partial charge in [-0.25, -0.2) is 4.79 Å². The molecule has 1 aromatic rings. The third-order valence-electron chi connectivity index (χ3n) is 3.47. The zero-order chi connectivity index (χ0) is 15.9. The van der Waals surface area contributed by atoms with E-state index in [1.165, 1.54) is 0 Å². The molecule has 0 aliphatic carbocycles. The van der Waals surface area contributed by atoms with E-state index in [2.05, 4.69) is 5.32 Å². The van der Waals surface area contributed by atoms with Gasteiger partial charge in [-0.05, 0) is 30.7 Å². The molecule has 1 N–H and O–H groups in total. The summed E-state index contributed by atoms with van der Waals surface area (Å²) in [7, 11) is 0. The summed E-state index contributed by atoms with van der Waals surface area (Å²) in [4.78, 5) is 27.3. The number of nitrogens with zero attached hydrogens (tertiary/aromatic N) is 2. The lowest BCUT2D eigenvalue weighted by atomic mass is 10.2. The van der Waals surface area contributed by atoms with E-state index in [0.717, 1.165) is 5.56 Å². The zero-order valence-electron chi connectivity index (χ0n) is 12.6. The second kappa shape index (κ2) is 7.84. The highest BCUT2D eigenvalue weighted by Crippen LogP contribution is 2.12. The fourth-order valence-electron chi connectivity index (χ4n) is 2.28. The molecule has 0 spiro atoms. The van der Waals surface area contributed by atoms with Crippen molar-refractivity contribution in [3.63, 3.8) is 0 Å². The van der Waals surface area contributed by atoms with E-state index in [9.17, 15) is 9.59 Å². The molecule has 0 saturated carbocycles. The van der Waals surface area contributed by atoms with Crippen molar-refractivity contribution in [3.8, 4) is 0 Å². The molecule has 118 valence electrons. The molecule has 1 aromatic carbocycles. The van der Waals surface area contributed by atoms with Crippen molar-refractivity contribution in [2.75, 3.05) is 32.7 Å². The number of hydrogen-bond donors (Lipinski definition) is 1. The number of halogens is 1. The fourth-order valence-corrected chi connectivity index (χ4v) is 2.47. The van der Waals surface area contributed by atoms with E-state index >= 15 is 0 Å². The minimum Gasteiger partial charge on any atom is -0.338 e. The first-order chi connectivity index (χ1) is 10.6. The van der Waals surface area contributed by atoms with Gasteiger partial charge in [-0.1, -0.05) is 23.7 Å². The number of piperazine rings is 1. The third kappa shape index (κ3) is 4.49. The van der Waals surface area contributed by atoms with Crippen molar-refractivity contribution >= 4 is 29.6 Å². The molecule has 6 heteroatoms. The fraction of sp³-hybridized carbons (Fsp3) is 0.375. The van der Waals surface area contributed by atoms with Gasteiger partial charge in [0.1, 0.15) is 0 Å². The number of hydrogen-bond acceptors (Lipinski definition) is 2. The first-order valence-corrected chi connectivity index (χ1v) is 7.73. The summed E-state index contributed by atoms with van der Waals surface area (Å²) in [6.45, 7) is 4.72. The quantitative estimate of drug-likeness (QED) is 0.868. The van der Waals surface area contributed by atoms with Crippen LogP contribution in [0.3, 0.4) is 0 Å². The topological polar surface area (TPSA) is 52.7 Å². The molecule has 0 unspecified atom stereocenters. The molecule has 1 aliphatic rings. The van der Waals surface area contributed by atoms with Gasteiger partial charge in [-0.2, -0.15) is 0 Å². The number of urea groups is 1. The van der Waals surface area contributed by atoms with E-state index in [-0.39, 0.29) is 11.9 Å². The Morgan fingerprint density at radius 3 is 2.55 bits per heavy atom. The summed E-state index contributed by atoms with van der Waals surface area (Å²) in [6, 6.07) is 7.27. The molecule has 5 nitrogen and oxygen atoms in total. The average molecular weight is 322 g/mol. The van der Waals surface area contributed by atoms with Gasteiger partial charge >= 0.3 is 6.03 Å². The van der Waals surface area contributed by atoms with Gasteiger partial charge in [0.15, 0.2) is 0 Å². The molecule has 1 fully saturated rings. The highest BCUT2D eigenvalue weighted by Gasteiger charge is 2.22. The molecule has 0 aromatic heterocycles. The monoisotopic (exact) mass is 321 g/mol. The minimum absolute atomic E-state index is 0.0458. The largest absolute Gasteiger partial charge is 0.338 e. The first kappa shape index (κ1) is 16.4. The summed E-state index contributed by atoms with van der Waals surface area (Å²) in [5, 5.41) is 3.41. The Hall–Kier alpha value is -2.01. The van der Waals surface area contributed by atoms with Crippen LogP contribution in [-0.2, 0) is 4.79 Å². The number of amides is 3. The second-order valence-electron chi connectivity index (χ2n) is 5.04. The van der Waals surface area contributed by atoms with E-state index in [4.69, 9.17) is 11.6 Å². The van der Waals surface area contributed by atoms with E-state index in [0.29, 0.717) is 37.7 Å². The van der Waals surface area contributed by atoms with Gasteiger partial charge in [-0.3, -0.25) is 4.79 Å². The van der Waals surface area contributed by atoms with Crippen LogP contribution in [-0.4, -0.2) is 54.5 Å². The predicted octanol–water partition coefficient (Wildman–Crippen LogP) is 2.23. The van der Waals surface area contributed by atoms with Crippen LogP contribution in [0.2, 0.25) is 5.02 Å². The van der Waals surface area contributed by atoms with Crippen molar-refractivity contribution < 1.29 is 9.59 Å². The molecule has 0 bridgehead atoms. The molecule has 2 rings (SSSR count). The predicted molar refractivity (Wildman–Crippen MR) is 87.7 cm³/mol. The third-order valence-corrected chi connectivity index (χ3v) is 3.71. The number of nitrogens with one attached hydrogen (secondary N) is 1. The Morgan fingerprint density at radius 1 is 1.23 bits per heavy atom. The Kier molecular flexibility index (Phi) is 5.83. The molecule has 3 amide bonds. The Balaban J connectivity index is 1.86. The van der Waals surface area contributed by atoms with Gasteiger partial charge in [0.05, 0.1) is 0 Å². The number of rotatable bonds is 3. The number of carbonyl (C=O) groups excluding carboxylic acids is 2. The highest BCUT2D eigenvalue weighted by molar-refractivity contribution is 6.30. The second-order valence-corrected chi connectivity index (χ2v) is 5.47. The van der Waals surface area contributed by atoms with Gasteiger partial charge in [0, 0.05) is 43.8 Å². The molecule has 22 heavy (non-hydrogen) atoms. The Labute approximate surface area is 135 Å². The maximum Gasteiger partial charge on any atom is 0.317 e. The molecule has 1 saturated heterocycles. The van der Waals surface area contributed by atoms with E-state index in [1.54, 1.807) is 34.1 Å². The van der Waals surface area contributed by atoms with Crippen molar-refractivity contribution in [3.05, 3.63) is 40.9 Å². The molecule has 0 atom stereocenters. The van der Waals surface area contributed by atoms with Crippen molar-refractivity contribution in [2.45, 2.75) is 6.92 Å². The smallest absolute Gasteiger partial charge is 0.317 e. The van der Waals surface area contributed by atoms with E-state index < -0.39 is 0 Å². The van der Waals surface area contributed by atoms with Crippen LogP contribution >= 0.6 is 11.6 Å². The summed E-state index contributed by atoms with van der Waals surface area (Å²) in [6.07, 6.45) is 3.30. The van der Waals surface area contributed by atoms with Gasteiger partial charge < -0.3 is 15.1 Å². The van der Waals surface area contributed by atoms with Crippen molar-refractivity contribution in [1.82, 2.24) is 15.1 Å². The molecule has 1 heterocycles. The van der Waals surface area contributed by atoms with Crippen molar-refractivity contribution in [2.24, 2.45) is 0 Å². The molecule has 0 radical (unpaired) electrons. The number of benzene rings is 1. The van der Waals surface area contributed by atoms with Crippen LogP contribution in [0.15, 0.2) is 30.3 Å². The summed E-state index contributed by atoms with van der Waals surface area (Å²) < 4.78 is 0. The van der Waals surface area contributed by atoms with Gasteiger partial charge in [0.2, 0.25) is 5.91 Å². The lowest BCUT2D eigenvalue weighted by Gasteiger charge is -2.34.